The lowest BCUT2D eigenvalue weighted by molar-refractivity contribution is 0.118. The minimum absolute atomic E-state index is 0.316. The molecular formula is C19H22N6O3. The number of hydrogen-bond donors (Lipinski definition) is 0. The van der Waals surface area contributed by atoms with Crippen molar-refractivity contribution in [2.24, 2.45) is 0 Å². The maximum absolute atomic E-state index is 5.48. The quantitative estimate of drug-likeness (QED) is 0.632. The highest BCUT2D eigenvalue weighted by Gasteiger charge is 2.21. The molecule has 0 N–H and O–H groups in total. The first-order valence-electron chi connectivity index (χ1n) is 9.44. The van der Waals surface area contributed by atoms with Crippen LogP contribution in [0, 0.1) is 0 Å². The molecule has 0 amide bonds. The molecule has 0 spiro atoms. The van der Waals surface area contributed by atoms with Gasteiger partial charge < -0.3 is 13.9 Å². The number of nitrogens with zero attached hydrogens (tertiary/aromatic N) is 6. The van der Waals surface area contributed by atoms with Crippen molar-refractivity contribution in [3.63, 3.8) is 0 Å². The third-order valence-electron chi connectivity index (χ3n) is 5.16. The van der Waals surface area contributed by atoms with E-state index in [-0.39, 0.29) is 0 Å². The van der Waals surface area contributed by atoms with Crippen LogP contribution in [-0.4, -0.2) is 63.0 Å². The second kappa shape index (κ2) is 7.61. The Bertz CT molecular complexity index is 918. The Labute approximate surface area is 162 Å². The summed E-state index contributed by atoms with van der Waals surface area (Å²) in [6, 6.07) is 9.99. The Hall–Kier alpha value is -2.91. The van der Waals surface area contributed by atoms with Gasteiger partial charge in [-0.25, -0.2) is 4.68 Å². The number of hydrogen-bond acceptors (Lipinski definition) is 8. The summed E-state index contributed by atoms with van der Waals surface area (Å²) in [6.07, 6.45) is 1.67. The van der Waals surface area contributed by atoms with Crippen molar-refractivity contribution in [1.29, 1.82) is 0 Å². The van der Waals surface area contributed by atoms with Crippen molar-refractivity contribution >= 4 is 0 Å². The number of furan rings is 1. The smallest absolute Gasteiger partial charge is 0.231 e. The van der Waals surface area contributed by atoms with E-state index in [1.165, 1.54) is 5.56 Å². The third-order valence-corrected chi connectivity index (χ3v) is 5.16. The first kappa shape index (κ1) is 17.2. The van der Waals surface area contributed by atoms with Crippen LogP contribution < -0.4 is 9.47 Å². The second-order valence-corrected chi connectivity index (χ2v) is 7.07. The highest BCUT2D eigenvalue weighted by Crippen LogP contribution is 2.32. The van der Waals surface area contributed by atoms with Crippen LogP contribution in [0.4, 0.5) is 0 Å². The molecule has 2 aliphatic heterocycles. The van der Waals surface area contributed by atoms with Gasteiger partial charge in [0.05, 0.1) is 12.8 Å². The third kappa shape index (κ3) is 3.71. The van der Waals surface area contributed by atoms with Gasteiger partial charge >= 0.3 is 0 Å². The van der Waals surface area contributed by atoms with Crippen LogP contribution in [0.3, 0.4) is 0 Å². The normalized spacial score (nSPS) is 17.3. The van der Waals surface area contributed by atoms with Gasteiger partial charge in [-0.2, -0.15) is 0 Å². The zero-order valence-electron chi connectivity index (χ0n) is 15.5. The van der Waals surface area contributed by atoms with Crippen molar-refractivity contribution in [1.82, 2.24) is 30.0 Å². The van der Waals surface area contributed by atoms with Crippen LogP contribution in [0.15, 0.2) is 41.0 Å². The molecule has 1 fully saturated rings. The highest BCUT2D eigenvalue weighted by molar-refractivity contribution is 5.44. The van der Waals surface area contributed by atoms with Crippen molar-refractivity contribution in [3.8, 4) is 11.5 Å². The van der Waals surface area contributed by atoms with E-state index < -0.39 is 0 Å². The molecule has 28 heavy (non-hydrogen) atoms. The molecule has 146 valence electrons. The fraction of sp³-hybridized carbons (Fsp3) is 0.421. The van der Waals surface area contributed by atoms with Crippen LogP contribution in [0.1, 0.15) is 17.1 Å². The van der Waals surface area contributed by atoms with E-state index in [1.54, 1.807) is 10.9 Å². The van der Waals surface area contributed by atoms with E-state index in [0.717, 1.165) is 62.4 Å². The average Bonchev–Trinajstić information content (AvgIpc) is 3.46. The second-order valence-electron chi connectivity index (χ2n) is 7.07. The standard InChI is InChI=1S/C19H22N6O3/c1-2-16(26-9-1)12-25-19(20-21-22-25)13-24-7-5-23(6-8-24)11-15-3-4-17-18(10-15)28-14-27-17/h1-4,9-10H,5-8,11-14H2. The molecule has 0 aliphatic carbocycles. The predicted molar refractivity (Wildman–Crippen MR) is 98.7 cm³/mol. The van der Waals surface area contributed by atoms with E-state index in [4.69, 9.17) is 13.9 Å². The Morgan fingerprint density at radius 1 is 0.893 bits per heavy atom. The largest absolute Gasteiger partial charge is 0.467 e. The van der Waals surface area contributed by atoms with Crippen LogP contribution in [0.2, 0.25) is 0 Å². The fourth-order valence-corrected chi connectivity index (χ4v) is 3.61. The molecular weight excluding hydrogens is 360 g/mol. The topological polar surface area (TPSA) is 81.7 Å². The van der Waals surface area contributed by atoms with E-state index in [1.807, 2.05) is 18.2 Å². The van der Waals surface area contributed by atoms with Gasteiger partial charge in [-0.05, 0) is 40.3 Å². The number of aromatic nitrogens is 4. The molecule has 4 heterocycles. The predicted octanol–water partition coefficient (Wildman–Crippen LogP) is 1.36. The number of tetrazole rings is 1. The minimum atomic E-state index is 0.316. The van der Waals surface area contributed by atoms with Crippen molar-refractivity contribution in [2.75, 3.05) is 33.0 Å². The lowest BCUT2D eigenvalue weighted by Gasteiger charge is -2.34. The van der Waals surface area contributed by atoms with Crippen LogP contribution in [-0.2, 0) is 19.6 Å². The van der Waals surface area contributed by atoms with Crippen LogP contribution in [0.5, 0.6) is 11.5 Å². The van der Waals surface area contributed by atoms with E-state index in [0.29, 0.717) is 13.3 Å². The summed E-state index contributed by atoms with van der Waals surface area (Å²) in [5, 5.41) is 12.1. The molecule has 2 aromatic heterocycles. The maximum atomic E-state index is 5.48. The first-order valence-corrected chi connectivity index (χ1v) is 9.44. The van der Waals surface area contributed by atoms with Gasteiger partial charge in [0.15, 0.2) is 17.3 Å². The Balaban J connectivity index is 1.14. The molecule has 0 radical (unpaired) electrons. The summed E-state index contributed by atoms with van der Waals surface area (Å²) in [7, 11) is 0. The Morgan fingerprint density at radius 2 is 1.71 bits per heavy atom. The van der Waals surface area contributed by atoms with Crippen molar-refractivity contribution < 1.29 is 13.9 Å². The molecule has 9 heteroatoms. The van der Waals surface area contributed by atoms with Gasteiger partial charge in [0.25, 0.3) is 0 Å². The zero-order valence-corrected chi connectivity index (χ0v) is 15.5. The first-order chi connectivity index (χ1) is 13.8. The summed E-state index contributed by atoms with van der Waals surface area (Å²) in [5.74, 6) is 3.39. The lowest BCUT2D eigenvalue weighted by Crippen LogP contribution is -2.45. The zero-order chi connectivity index (χ0) is 18.8. The van der Waals surface area contributed by atoms with Crippen molar-refractivity contribution in [3.05, 3.63) is 53.7 Å². The molecule has 1 aromatic carbocycles. The Kier molecular flexibility index (Phi) is 4.67. The van der Waals surface area contributed by atoms with E-state index in [2.05, 4.69) is 37.5 Å². The SMILES string of the molecule is c1coc(Cn2nnnc2CN2CCN(Cc3ccc4c(c3)OCO4)CC2)c1. The van der Waals surface area contributed by atoms with E-state index in [9.17, 15) is 0 Å². The monoisotopic (exact) mass is 382 g/mol. The summed E-state index contributed by atoms with van der Waals surface area (Å²) in [6.45, 7) is 6.52. The number of benzene rings is 1. The summed E-state index contributed by atoms with van der Waals surface area (Å²) >= 11 is 0. The van der Waals surface area contributed by atoms with Gasteiger partial charge in [-0.1, -0.05) is 6.07 Å². The summed E-state index contributed by atoms with van der Waals surface area (Å²) < 4.78 is 18.1. The van der Waals surface area contributed by atoms with Gasteiger partial charge in [0.2, 0.25) is 6.79 Å². The molecule has 0 unspecified atom stereocenters. The van der Waals surface area contributed by atoms with Gasteiger partial charge in [-0.3, -0.25) is 9.80 Å². The summed E-state index contributed by atoms with van der Waals surface area (Å²) in [4.78, 5) is 4.85. The van der Waals surface area contributed by atoms with E-state index >= 15 is 0 Å². The molecule has 5 rings (SSSR count). The minimum Gasteiger partial charge on any atom is -0.467 e. The number of ether oxygens (including phenoxy) is 2. The van der Waals surface area contributed by atoms with Crippen LogP contribution >= 0.6 is 0 Å². The molecule has 1 saturated heterocycles. The fourth-order valence-electron chi connectivity index (χ4n) is 3.61. The van der Waals surface area contributed by atoms with Crippen molar-refractivity contribution in [2.45, 2.75) is 19.6 Å². The van der Waals surface area contributed by atoms with Gasteiger partial charge in [0.1, 0.15) is 12.3 Å². The van der Waals surface area contributed by atoms with Gasteiger partial charge in [-0.15, -0.1) is 5.10 Å². The van der Waals surface area contributed by atoms with Crippen LogP contribution in [0.25, 0.3) is 0 Å². The highest BCUT2D eigenvalue weighted by atomic mass is 16.7. The molecule has 0 atom stereocenters. The number of rotatable bonds is 6. The molecule has 3 aromatic rings. The maximum Gasteiger partial charge on any atom is 0.231 e. The average molecular weight is 382 g/mol. The molecule has 0 bridgehead atoms. The lowest BCUT2D eigenvalue weighted by atomic mass is 10.1. The number of fused-ring (bicyclic) bond motifs is 1. The number of piperazine rings is 1. The molecule has 2 aliphatic rings. The summed E-state index contributed by atoms with van der Waals surface area (Å²) in [5.41, 5.74) is 1.25. The van der Waals surface area contributed by atoms with Gasteiger partial charge in [0, 0.05) is 32.7 Å². The molecule has 9 nitrogen and oxygen atoms in total. The molecule has 0 saturated carbocycles. The Morgan fingerprint density at radius 3 is 2.54 bits per heavy atom.